The molecule has 0 unspecified atom stereocenters. The van der Waals surface area contributed by atoms with Gasteiger partial charge < -0.3 is 4.74 Å². The molecule has 0 spiro atoms. The fourth-order valence-corrected chi connectivity index (χ4v) is 4.16. The lowest BCUT2D eigenvalue weighted by Crippen LogP contribution is -2.15. The molecule has 0 saturated heterocycles. The number of ether oxygens (including phenoxy) is 1. The molecule has 0 bridgehead atoms. The van der Waals surface area contributed by atoms with Gasteiger partial charge in [-0.3, -0.25) is 0 Å². The van der Waals surface area contributed by atoms with E-state index in [0.717, 1.165) is 28.7 Å². The Morgan fingerprint density at radius 2 is 1.30 bits per heavy atom. The molecule has 1 saturated carbocycles. The van der Waals surface area contributed by atoms with Crippen molar-refractivity contribution >= 4 is 0 Å². The summed E-state index contributed by atoms with van der Waals surface area (Å²) in [6.07, 6.45) is 11.1. The first-order valence-electron chi connectivity index (χ1n) is 10.5. The molecule has 0 aromatic heterocycles. The maximum Gasteiger partial charge on any atom is 0.118 e. The third-order valence-corrected chi connectivity index (χ3v) is 5.90. The van der Waals surface area contributed by atoms with E-state index in [0.29, 0.717) is 0 Å². The minimum atomic E-state index is 0.865. The van der Waals surface area contributed by atoms with Gasteiger partial charge in [-0.2, -0.15) is 0 Å². The van der Waals surface area contributed by atoms with Crippen LogP contribution in [0.25, 0.3) is 0 Å². The summed E-state index contributed by atoms with van der Waals surface area (Å²) in [5, 5.41) is 0. The van der Waals surface area contributed by atoms with Crippen LogP contribution in [-0.4, -0.2) is 7.11 Å². The van der Waals surface area contributed by atoms with E-state index in [4.69, 9.17) is 4.74 Å². The second-order valence-corrected chi connectivity index (χ2v) is 7.89. The topological polar surface area (TPSA) is 9.23 Å². The van der Waals surface area contributed by atoms with Crippen LogP contribution in [0.4, 0.5) is 0 Å². The average Bonchev–Trinajstić information content (AvgIpc) is 2.73. The highest BCUT2D eigenvalue weighted by atomic mass is 16.5. The molecule has 1 aliphatic carbocycles. The van der Waals surface area contributed by atoms with E-state index < -0.39 is 0 Å². The van der Waals surface area contributed by atoms with Crippen LogP contribution in [-0.2, 0) is 6.42 Å². The Labute approximate surface area is 165 Å². The Kier molecular flexibility index (Phi) is 7.40. The molecule has 2 aromatic rings. The number of hydrogen-bond donors (Lipinski definition) is 0. The summed E-state index contributed by atoms with van der Waals surface area (Å²) in [6, 6.07) is 16.7. The summed E-state index contributed by atoms with van der Waals surface area (Å²) in [5.41, 5.74) is 3.54. The highest BCUT2D eigenvalue weighted by Crippen LogP contribution is 2.33. The van der Waals surface area contributed by atoms with Crippen LogP contribution in [0.1, 0.15) is 68.6 Å². The zero-order chi connectivity index (χ0) is 18.9. The predicted molar refractivity (Wildman–Crippen MR) is 114 cm³/mol. The van der Waals surface area contributed by atoms with Crippen molar-refractivity contribution in [3.63, 3.8) is 0 Å². The van der Waals surface area contributed by atoms with Crippen LogP contribution in [0.5, 0.6) is 5.75 Å². The Morgan fingerprint density at radius 3 is 1.81 bits per heavy atom. The molecule has 27 heavy (non-hydrogen) atoms. The van der Waals surface area contributed by atoms with Gasteiger partial charge in [-0.25, -0.2) is 0 Å². The maximum atomic E-state index is 5.18. The summed E-state index contributed by atoms with van der Waals surface area (Å²) in [7, 11) is 1.68. The quantitative estimate of drug-likeness (QED) is 0.525. The van der Waals surface area contributed by atoms with Crippen molar-refractivity contribution in [2.45, 2.75) is 58.3 Å². The van der Waals surface area contributed by atoms with Gasteiger partial charge in [0.1, 0.15) is 5.75 Å². The third kappa shape index (κ3) is 6.17. The van der Waals surface area contributed by atoms with Crippen molar-refractivity contribution in [1.29, 1.82) is 0 Å². The second kappa shape index (κ2) is 10.2. The van der Waals surface area contributed by atoms with Gasteiger partial charge in [0, 0.05) is 11.1 Å². The lowest BCUT2D eigenvalue weighted by atomic mass is 9.78. The first-order valence-corrected chi connectivity index (χ1v) is 10.5. The number of rotatable bonds is 6. The van der Waals surface area contributed by atoms with E-state index in [9.17, 15) is 0 Å². The van der Waals surface area contributed by atoms with E-state index in [1.807, 2.05) is 24.3 Å². The van der Waals surface area contributed by atoms with Crippen molar-refractivity contribution in [2.75, 3.05) is 7.11 Å². The molecule has 0 N–H and O–H groups in total. The van der Waals surface area contributed by atoms with Gasteiger partial charge in [-0.05, 0) is 66.6 Å². The van der Waals surface area contributed by atoms with Crippen molar-refractivity contribution in [3.8, 4) is 17.6 Å². The van der Waals surface area contributed by atoms with Gasteiger partial charge in [-0.15, -0.1) is 0 Å². The van der Waals surface area contributed by atoms with Crippen molar-refractivity contribution in [1.82, 2.24) is 0 Å². The summed E-state index contributed by atoms with van der Waals surface area (Å²) in [6.45, 7) is 2.32. The van der Waals surface area contributed by atoms with Crippen molar-refractivity contribution < 1.29 is 4.74 Å². The van der Waals surface area contributed by atoms with Gasteiger partial charge in [0.2, 0.25) is 0 Å². The number of methoxy groups -OCH3 is 1. The van der Waals surface area contributed by atoms with Gasteiger partial charge in [0.15, 0.2) is 0 Å². The van der Waals surface area contributed by atoms with Gasteiger partial charge in [-0.1, -0.05) is 69.4 Å². The first-order chi connectivity index (χ1) is 13.3. The SMILES string of the molecule is CCC[C@H]1CC[C@H](CCc2ccc(C#Cc3ccc(OC)cc3)cc2)CC1. The van der Waals surface area contributed by atoms with E-state index in [-0.39, 0.29) is 0 Å². The van der Waals surface area contributed by atoms with E-state index >= 15 is 0 Å². The fourth-order valence-electron chi connectivity index (χ4n) is 4.16. The van der Waals surface area contributed by atoms with Gasteiger partial charge in [0.25, 0.3) is 0 Å². The van der Waals surface area contributed by atoms with Crippen LogP contribution in [0.2, 0.25) is 0 Å². The molecule has 2 aromatic carbocycles. The molecule has 3 rings (SSSR count). The van der Waals surface area contributed by atoms with Crippen LogP contribution >= 0.6 is 0 Å². The van der Waals surface area contributed by atoms with Crippen LogP contribution in [0, 0.1) is 23.7 Å². The summed E-state index contributed by atoms with van der Waals surface area (Å²) in [5.74, 6) is 9.29. The van der Waals surface area contributed by atoms with Crippen molar-refractivity contribution in [2.24, 2.45) is 11.8 Å². The monoisotopic (exact) mass is 360 g/mol. The number of aryl methyl sites for hydroxylation is 1. The summed E-state index contributed by atoms with van der Waals surface area (Å²) < 4.78 is 5.18. The number of benzene rings is 2. The normalized spacial score (nSPS) is 19.2. The highest BCUT2D eigenvalue weighted by molar-refractivity contribution is 5.44. The summed E-state index contributed by atoms with van der Waals surface area (Å²) >= 11 is 0. The molecule has 0 heterocycles. The molecule has 142 valence electrons. The largest absolute Gasteiger partial charge is 0.497 e. The standard InChI is InChI=1S/C26H32O/c1-3-4-21-5-7-22(8-6-21)9-10-23-11-13-24(14-12-23)15-16-25-17-19-26(27-2)20-18-25/h11-14,17-22H,3-10H2,1-2H3/t21-,22-. The molecular formula is C26H32O. The lowest BCUT2D eigenvalue weighted by Gasteiger charge is -2.28. The van der Waals surface area contributed by atoms with E-state index in [1.54, 1.807) is 7.11 Å². The predicted octanol–water partition coefficient (Wildman–Crippen LogP) is 6.63. The molecule has 0 amide bonds. The minimum Gasteiger partial charge on any atom is -0.497 e. The highest BCUT2D eigenvalue weighted by Gasteiger charge is 2.20. The Bertz CT molecular complexity index is 738. The Hall–Kier alpha value is -2.20. The molecular weight excluding hydrogens is 328 g/mol. The van der Waals surface area contributed by atoms with Crippen LogP contribution in [0.15, 0.2) is 48.5 Å². The van der Waals surface area contributed by atoms with Crippen molar-refractivity contribution in [3.05, 3.63) is 65.2 Å². The fraction of sp³-hybridized carbons (Fsp3) is 0.462. The molecule has 1 heteroatoms. The number of hydrogen-bond acceptors (Lipinski definition) is 1. The zero-order valence-corrected chi connectivity index (χ0v) is 16.8. The zero-order valence-electron chi connectivity index (χ0n) is 16.8. The Morgan fingerprint density at radius 1 is 0.778 bits per heavy atom. The molecule has 1 nitrogen and oxygen atoms in total. The van der Waals surface area contributed by atoms with Crippen LogP contribution in [0.3, 0.4) is 0 Å². The smallest absolute Gasteiger partial charge is 0.118 e. The summed E-state index contributed by atoms with van der Waals surface area (Å²) in [4.78, 5) is 0. The lowest BCUT2D eigenvalue weighted by molar-refractivity contribution is 0.252. The Balaban J connectivity index is 1.47. The average molecular weight is 361 g/mol. The molecule has 1 fully saturated rings. The van der Waals surface area contributed by atoms with Crippen LogP contribution < -0.4 is 4.74 Å². The molecule has 1 aliphatic rings. The van der Waals surface area contributed by atoms with Gasteiger partial charge in [0.05, 0.1) is 7.11 Å². The molecule has 0 atom stereocenters. The molecule has 0 radical (unpaired) electrons. The maximum absolute atomic E-state index is 5.18. The second-order valence-electron chi connectivity index (χ2n) is 7.89. The third-order valence-electron chi connectivity index (χ3n) is 5.90. The molecule has 0 aliphatic heterocycles. The van der Waals surface area contributed by atoms with E-state index in [2.05, 4.69) is 43.0 Å². The minimum absolute atomic E-state index is 0.865. The van der Waals surface area contributed by atoms with E-state index in [1.165, 1.54) is 56.9 Å². The first kappa shape index (κ1) is 19.6. The van der Waals surface area contributed by atoms with Gasteiger partial charge >= 0.3 is 0 Å².